The molecule has 9 N–H and O–H groups in total. The third-order valence-corrected chi connectivity index (χ3v) is 6.08. The number of ether oxygens (including phenoxy) is 2. The number of carbonyl (C=O) groups excluding carboxylic acids is 4. The number of carboxylic acid groups (broad SMARTS) is 1. The summed E-state index contributed by atoms with van der Waals surface area (Å²) in [6.07, 6.45) is 1.26. The zero-order valence-corrected chi connectivity index (χ0v) is 22.6. The molecule has 16 nitrogen and oxygen atoms in total. The molecule has 0 aliphatic carbocycles. The van der Waals surface area contributed by atoms with E-state index in [0.717, 1.165) is 10.6 Å². The number of esters is 1. The second-order valence-corrected chi connectivity index (χ2v) is 9.01. The van der Waals surface area contributed by atoms with E-state index in [1.165, 1.54) is 25.4 Å². The van der Waals surface area contributed by atoms with Crippen molar-refractivity contribution in [1.29, 1.82) is 0 Å². The molecule has 0 unspecified atom stereocenters. The first-order chi connectivity index (χ1) is 20.5. The van der Waals surface area contributed by atoms with Crippen LogP contribution < -0.4 is 32.6 Å². The first kappa shape index (κ1) is 32.5. The Morgan fingerprint density at radius 1 is 1.16 bits per heavy atom. The predicted molar refractivity (Wildman–Crippen MR) is 157 cm³/mol. The van der Waals surface area contributed by atoms with Crippen LogP contribution in [0.5, 0.6) is 5.75 Å². The fraction of sp³-hybridized carbons (Fsp3) is 0.179. The molecule has 0 bridgehead atoms. The maximum atomic E-state index is 12.5. The van der Waals surface area contributed by atoms with Gasteiger partial charge in [-0.15, -0.1) is 0 Å². The summed E-state index contributed by atoms with van der Waals surface area (Å²) in [4.78, 5) is 61.3. The Hall–Kier alpha value is -6.03. The first-order valence-electron chi connectivity index (χ1n) is 12.4. The maximum Gasteiger partial charge on any atom is 0.354 e. The fourth-order valence-electron chi connectivity index (χ4n) is 3.87. The number of nitrogens with zero attached hydrogens (tertiary/aromatic N) is 3. The number of carboxylic acids is 1. The largest absolute Gasteiger partial charge is 0.482 e. The zero-order chi connectivity index (χ0) is 31.3. The summed E-state index contributed by atoms with van der Waals surface area (Å²) in [6, 6.07) is 11.6. The Bertz CT molecular complexity index is 1740. The molecule has 4 aromatic rings. The molecule has 3 heterocycles. The molecule has 230 valence electrons. The van der Waals surface area contributed by atoms with Crippen LogP contribution in [0.15, 0.2) is 54.7 Å². The van der Waals surface area contributed by atoms with E-state index < -0.39 is 29.8 Å². The summed E-state index contributed by atoms with van der Waals surface area (Å²) in [6.45, 7) is 0.0901. The predicted octanol–water partition coefficient (Wildman–Crippen LogP) is 0.865. The number of aromatic carboxylic acids is 1. The van der Waals surface area contributed by atoms with Crippen LogP contribution in [0.2, 0.25) is 0 Å². The molecule has 0 spiro atoms. The van der Waals surface area contributed by atoms with E-state index in [2.05, 4.69) is 25.5 Å². The molecular formula is C28H30N8O8. The van der Waals surface area contributed by atoms with Crippen molar-refractivity contribution in [3.05, 3.63) is 82.8 Å². The van der Waals surface area contributed by atoms with Gasteiger partial charge in [0.1, 0.15) is 17.5 Å². The number of nitrogens with one attached hydrogen (secondary N) is 2. The number of rotatable bonds is 7. The maximum absolute atomic E-state index is 12.5. The highest BCUT2D eigenvalue weighted by Gasteiger charge is 2.20. The van der Waals surface area contributed by atoms with Gasteiger partial charge in [-0.25, -0.2) is 19.1 Å². The summed E-state index contributed by atoms with van der Waals surface area (Å²) in [5.74, 6) is -2.61. The van der Waals surface area contributed by atoms with Gasteiger partial charge in [-0.1, -0.05) is 25.6 Å². The first-order valence-corrected chi connectivity index (χ1v) is 12.4. The summed E-state index contributed by atoms with van der Waals surface area (Å²) >= 11 is 0. The van der Waals surface area contributed by atoms with Crippen LogP contribution in [-0.4, -0.2) is 63.1 Å². The molecule has 44 heavy (non-hydrogen) atoms. The number of hydrogen-bond donors (Lipinski definition) is 6. The molecule has 3 amide bonds. The Labute approximate surface area is 250 Å². The topological polar surface area (TPSA) is 256 Å². The monoisotopic (exact) mass is 606 g/mol. The number of primary amides is 1. The minimum absolute atomic E-state index is 0. The lowest BCUT2D eigenvalue weighted by Crippen LogP contribution is -2.28. The van der Waals surface area contributed by atoms with E-state index in [-0.39, 0.29) is 49.2 Å². The van der Waals surface area contributed by atoms with Crippen molar-refractivity contribution >= 4 is 46.7 Å². The average molecular weight is 607 g/mol. The van der Waals surface area contributed by atoms with Crippen molar-refractivity contribution in [3.63, 3.8) is 0 Å². The number of methoxy groups -OCH3 is 1. The number of amides is 3. The number of benzene rings is 2. The van der Waals surface area contributed by atoms with Crippen LogP contribution >= 0.6 is 0 Å². The van der Waals surface area contributed by atoms with Gasteiger partial charge in [-0.2, -0.15) is 5.10 Å². The van der Waals surface area contributed by atoms with Gasteiger partial charge >= 0.3 is 11.9 Å². The SMILES string of the molecule is C.COC(=O)c1ccc([C@@H](N)C(N)=O)cc1.Nc1cnn2c(C(=O)O)cc(C(=O)NCc3ccc4c(c3)NC(=O)CO4)nc12. The summed E-state index contributed by atoms with van der Waals surface area (Å²) in [5.41, 5.74) is 18.4. The van der Waals surface area contributed by atoms with E-state index in [1.54, 1.807) is 30.3 Å². The van der Waals surface area contributed by atoms with E-state index in [4.69, 9.17) is 21.9 Å². The molecule has 0 saturated heterocycles. The summed E-state index contributed by atoms with van der Waals surface area (Å²) in [5, 5.41) is 18.5. The number of aromatic nitrogens is 3. The lowest BCUT2D eigenvalue weighted by molar-refractivity contribution is -0.119. The Morgan fingerprint density at radius 3 is 2.50 bits per heavy atom. The zero-order valence-electron chi connectivity index (χ0n) is 22.6. The van der Waals surface area contributed by atoms with Crippen molar-refractivity contribution in [2.45, 2.75) is 20.0 Å². The lowest BCUT2D eigenvalue weighted by atomic mass is 10.1. The summed E-state index contributed by atoms with van der Waals surface area (Å²) in [7, 11) is 1.30. The van der Waals surface area contributed by atoms with Crippen molar-refractivity contribution in [2.75, 3.05) is 24.8 Å². The third kappa shape index (κ3) is 7.24. The van der Waals surface area contributed by atoms with E-state index in [9.17, 15) is 29.1 Å². The van der Waals surface area contributed by atoms with Crippen LogP contribution in [0, 0.1) is 0 Å². The highest BCUT2D eigenvalue weighted by Crippen LogP contribution is 2.28. The third-order valence-electron chi connectivity index (χ3n) is 6.08. The van der Waals surface area contributed by atoms with Crippen LogP contribution in [0.3, 0.4) is 0 Å². The second kappa shape index (κ2) is 13.8. The van der Waals surface area contributed by atoms with Crippen molar-refractivity contribution in [1.82, 2.24) is 19.9 Å². The molecule has 2 aromatic heterocycles. The number of carbonyl (C=O) groups is 5. The minimum atomic E-state index is -1.27. The molecule has 2 aromatic carbocycles. The number of anilines is 2. The van der Waals surface area contributed by atoms with Crippen LogP contribution in [0.25, 0.3) is 5.65 Å². The van der Waals surface area contributed by atoms with E-state index >= 15 is 0 Å². The van der Waals surface area contributed by atoms with Crippen LogP contribution in [0.4, 0.5) is 11.4 Å². The molecule has 16 heteroatoms. The molecule has 0 radical (unpaired) electrons. The number of hydrogen-bond acceptors (Lipinski definition) is 11. The van der Waals surface area contributed by atoms with E-state index in [0.29, 0.717) is 28.1 Å². The normalized spacial score (nSPS) is 12.2. The average Bonchev–Trinajstić information content (AvgIpc) is 3.38. The lowest BCUT2D eigenvalue weighted by Gasteiger charge is -2.18. The Morgan fingerprint density at radius 2 is 1.86 bits per heavy atom. The van der Waals surface area contributed by atoms with E-state index in [1.807, 2.05) is 0 Å². The standard InChI is InChI=1S/C17H14N6O5.C10H12N2O3.CH4/c18-9-6-20-23-12(17(26)27)4-11(22-15(9)23)16(25)19-5-8-1-2-13-10(3-8)21-14(24)7-28-13;1-15-10(14)7-4-2-6(3-5-7)8(11)9(12)13;/h1-4,6H,5,7,18H2,(H,19,25)(H,21,24)(H,26,27);2-5,8H,11H2,1H3,(H2,12,13);1H4/t;8-;/m.1./s1. The van der Waals surface area contributed by atoms with Crippen LogP contribution in [-0.2, 0) is 20.9 Å². The molecule has 1 atom stereocenters. The smallest absolute Gasteiger partial charge is 0.354 e. The van der Waals surface area contributed by atoms with Crippen molar-refractivity contribution in [3.8, 4) is 5.75 Å². The van der Waals surface area contributed by atoms with Gasteiger partial charge in [-0.05, 0) is 35.4 Å². The number of nitrogen functional groups attached to an aromatic ring is 1. The molecule has 0 fully saturated rings. The van der Waals surface area contributed by atoms with Gasteiger partial charge in [0.2, 0.25) is 5.91 Å². The van der Waals surface area contributed by atoms with Gasteiger partial charge in [0.05, 0.1) is 30.2 Å². The highest BCUT2D eigenvalue weighted by molar-refractivity contribution is 5.97. The molecule has 5 rings (SSSR count). The molecule has 0 saturated carbocycles. The van der Waals surface area contributed by atoms with Gasteiger partial charge < -0.3 is 42.4 Å². The van der Waals surface area contributed by atoms with Gasteiger partial charge in [0.25, 0.3) is 11.8 Å². The van der Waals surface area contributed by atoms with Gasteiger partial charge in [0, 0.05) is 12.6 Å². The van der Waals surface area contributed by atoms with Gasteiger partial charge in [-0.3, -0.25) is 14.4 Å². The van der Waals surface area contributed by atoms with Crippen molar-refractivity contribution < 1.29 is 38.6 Å². The number of nitrogens with two attached hydrogens (primary N) is 3. The Kier molecular flexibility index (Phi) is 10.2. The highest BCUT2D eigenvalue weighted by atomic mass is 16.5. The Balaban J connectivity index is 0.000000282. The van der Waals surface area contributed by atoms with Gasteiger partial charge in [0.15, 0.2) is 17.9 Å². The quantitative estimate of drug-likeness (QED) is 0.160. The molecule has 1 aliphatic rings. The molecular weight excluding hydrogens is 576 g/mol. The number of fused-ring (bicyclic) bond motifs is 2. The van der Waals surface area contributed by atoms with Crippen LogP contribution in [0.1, 0.15) is 55.9 Å². The molecule has 1 aliphatic heterocycles. The van der Waals surface area contributed by atoms with Crippen molar-refractivity contribution in [2.24, 2.45) is 11.5 Å². The minimum Gasteiger partial charge on any atom is -0.482 e. The summed E-state index contributed by atoms with van der Waals surface area (Å²) < 4.78 is 10.9. The second-order valence-electron chi connectivity index (χ2n) is 9.01. The fourth-order valence-corrected chi connectivity index (χ4v) is 3.87.